The van der Waals surface area contributed by atoms with Gasteiger partial charge in [-0.15, -0.1) is 0 Å². The molecule has 0 amide bonds. The number of fused-ring (bicyclic) bond motifs is 7. The van der Waals surface area contributed by atoms with E-state index in [9.17, 15) is 0 Å². The molecular weight excluding hydrogens is 823 g/mol. The predicted octanol–water partition coefficient (Wildman–Crippen LogP) is 18.9. The fourth-order valence-electron chi connectivity index (χ4n) is 10.2. The summed E-state index contributed by atoms with van der Waals surface area (Å²) in [5.74, 6) is 0. The van der Waals surface area contributed by atoms with Gasteiger partial charge in [0.25, 0.3) is 0 Å². The first-order chi connectivity index (χ1) is 33.7. The van der Waals surface area contributed by atoms with Crippen molar-refractivity contribution in [3.05, 3.63) is 261 Å². The zero-order valence-corrected chi connectivity index (χ0v) is 37.2. The van der Waals surface area contributed by atoms with Gasteiger partial charge in [-0.1, -0.05) is 212 Å². The van der Waals surface area contributed by atoms with Crippen LogP contribution in [-0.2, 0) is 0 Å². The molecule has 0 aliphatic carbocycles. The average Bonchev–Trinajstić information content (AvgIpc) is 3.82. The van der Waals surface area contributed by atoms with Crippen LogP contribution in [0.3, 0.4) is 0 Å². The fourth-order valence-corrected chi connectivity index (χ4v) is 10.2. The van der Waals surface area contributed by atoms with E-state index in [0.29, 0.717) is 0 Å². The molecule has 0 fully saturated rings. The van der Waals surface area contributed by atoms with Crippen LogP contribution in [0.2, 0.25) is 0 Å². The van der Waals surface area contributed by atoms with Gasteiger partial charge >= 0.3 is 0 Å². The van der Waals surface area contributed by atoms with Crippen LogP contribution in [-0.4, -0.2) is 0 Å². The number of anilines is 3. The van der Waals surface area contributed by atoms with Crippen LogP contribution in [0.25, 0.3) is 110 Å². The topological polar surface area (TPSA) is 16.4 Å². The molecule has 1 heterocycles. The Morgan fingerprint density at radius 2 is 0.721 bits per heavy atom. The normalized spacial score (nSPS) is 11.5. The molecule has 0 aliphatic heterocycles. The monoisotopic (exact) mass is 865 g/mol. The van der Waals surface area contributed by atoms with Crippen molar-refractivity contribution in [1.82, 2.24) is 0 Å². The molecule has 318 valence electrons. The van der Waals surface area contributed by atoms with E-state index in [4.69, 9.17) is 4.42 Å². The van der Waals surface area contributed by atoms with Crippen LogP contribution >= 0.6 is 0 Å². The quantitative estimate of drug-likeness (QED) is 0.151. The third-order valence-electron chi connectivity index (χ3n) is 13.6. The first-order valence-electron chi connectivity index (χ1n) is 23.3. The summed E-state index contributed by atoms with van der Waals surface area (Å²) in [5.41, 5.74) is 16.3. The molecule has 12 aromatic carbocycles. The highest BCUT2D eigenvalue weighted by Gasteiger charge is 2.25. The maximum absolute atomic E-state index is 7.29. The number of hydrogen-bond donors (Lipinski definition) is 0. The lowest BCUT2D eigenvalue weighted by molar-refractivity contribution is 0.670. The summed E-state index contributed by atoms with van der Waals surface area (Å²) in [6.45, 7) is 0. The minimum absolute atomic E-state index is 0.842. The second-order valence-corrected chi connectivity index (χ2v) is 17.7. The zero-order valence-electron chi connectivity index (χ0n) is 37.2. The Labute approximate surface area is 395 Å². The van der Waals surface area contributed by atoms with Crippen LogP contribution in [0.5, 0.6) is 0 Å². The third-order valence-corrected chi connectivity index (χ3v) is 13.6. The highest BCUT2D eigenvalue weighted by Crippen LogP contribution is 2.50. The molecule has 2 heteroatoms. The van der Waals surface area contributed by atoms with Gasteiger partial charge in [0.2, 0.25) is 0 Å². The molecule has 0 atom stereocenters. The molecule has 0 saturated carbocycles. The standard InChI is InChI=1S/C66H43NO/c1-4-15-44(16-5-1)55-35-38-62(61(42-55)48-20-8-3-9-21-48)67(63-43-56-23-12-13-24-58(56)64-60-26-14-25-59(65(60)68-66(63)64)47-18-6-2-7-19-47)57-36-33-46(34-37-57)50-29-30-53-41-54(32-31-52(53)40-50)51-28-27-45-17-10-11-22-49(45)39-51/h1-43H. The van der Waals surface area contributed by atoms with Gasteiger partial charge in [-0.3, -0.25) is 0 Å². The molecule has 0 unspecified atom stereocenters. The fraction of sp³-hybridized carbons (Fsp3) is 0. The number of hydrogen-bond acceptors (Lipinski definition) is 2. The van der Waals surface area contributed by atoms with E-state index in [-0.39, 0.29) is 0 Å². The van der Waals surface area contributed by atoms with Crippen LogP contribution in [0.1, 0.15) is 0 Å². The summed E-state index contributed by atoms with van der Waals surface area (Å²) in [4.78, 5) is 2.41. The van der Waals surface area contributed by atoms with E-state index in [1.165, 1.54) is 43.8 Å². The number of furan rings is 1. The number of nitrogens with zero attached hydrogens (tertiary/aromatic N) is 1. The average molecular weight is 866 g/mol. The van der Waals surface area contributed by atoms with Crippen LogP contribution in [0.4, 0.5) is 17.1 Å². The molecule has 0 saturated heterocycles. The van der Waals surface area contributed by atoms with Gasteiger partial charge in [0.05, 0.1) is 11.4 Å². The second kappa shape index (κ2) is 16.5. The molecule has 0 spiro atoms. The van der Waals surface area contributed by atoms with Gasteiger partial charge < -0.3 is 9.32 Å². The van der Waals surface area contributed by atoms with Gasteiger partial charge in [-0.25, -0.2) is 0 Å². The van der Waals surface area contributed by atoms with Gasteiger partial charge in [0, 0.05) is 27.6 Å². The molecule has 2 nitrogen and oxygen atoms in total. The minimum Gasteiger partial charge on any atom is -0.453 e. The van der Waals surface area contributed by atoms with E-state index < -0.39 is 0 Å². The summed E-state index contributed by atoms with van der Waals surface area (Å²) in [5, 5.41) is 9.44. The Morgan fingerprint density at radius 3 is 1.40 bits per heavy atom. The van der Waals surface area contributed by atoms with Crippen LogP contribution in [0.15, 0.2) is 265 Å². The molecule has 0 radical (unpaired) electrons. The summed E-state index contributed by atoms with van der Waals surface area (Å²) in [6.07, 6.45) is 0. The van der Waals surface area contributed by atoms with E-state index in [2.05, 4.69) is 266 Å². The van der Waals surface area contributed by atoms with E-state index in [1.54, 1.807) is 0 Å². The SMILES string of the molecule is c1ccc(-c2ccc(N(c3ccc(-c4ccc5cc(-c6ccc7ccccc7c6)ccc5c4)cc3)c3cc4ccccc4c4c3oc3c(-c5ccccc5)cccc34)c(-c3ccccc3)c2)cc1. The molecule has 13 rings (SSSR count). The van der Waals surface area contributed by atoms with Crippen molar-refractivity contribution in [1.29, 1.82) is 0 Å². The Bertz CT molecular complexity index is 4000. The zero-order chi connectivity index (χ0) is 45.0. The van der Waals surface area contributed by atoms with E-state index in [0.717, 1.165) is 83.2 Å². The first kappa shape index (κ1) is 39.4. The third kappa shape index (κ3) is 6.90. The highest BCUT2D eigenvalue weighted by molar-refractivity contribution is 6.24. The smallest absolute Gasteiger partial charge is 0.160 e. The second-order valence-electron chi connectivity index (χ2n) is 17.7. The van der Waals surface area contributed by atoms with E-state index in [1.807, 2.05) is 0 Å². The van der Waals surface area contributed by atoms with Gasteiger partial charge in [-0.05, 0) is 125 Å². The Kier molecular flexibility index (Phi) is 9.54. The largest absolute Gasteiger partial charge is 0.453 e. The van der Waals surface area contributed by atoms with Gasteiger partial charge in [0.15, 0.2) is 5.58 Å². The van der Waals surface area contributed by atoms with Crippen molar-refractivity contribution in [3.8, 4) is 55.6 Å². The molecule has 0 N–H and O–H groups in total. The summed E-state index contributed by atoms with van der Waals surface area (Å²) >= 11 is 0. The predicted molar refractivity (Wildman–Crippen MR) is 288 cm³/mol. The molecule has 13 aromatic rings. The maximum Gasteiger partial charge on any atom is 0.160 e. The number of para-hydroxylation sites is 1. The van der Waals surface area contributed by atoms with Crippen LogP contribution < -0.4 is 4.90 Å². The Morgan fingerprint density at radius 1 is 0.250 bits per heavy atom. The summed E-state index contributed by atoms with van der Waals surface area (Å²) < 4.78 is 7.29. The number of benzene rings is 12. The van der Waals surface area contributed by atoms with Crippen molar-refractivity contribution >= 4 is 71.3 Å². The molecule has 0 bridgehead atoms. The minimum atomic E-state index is 0.842. The highest BCUT2D eigenvalue weighted by atomic mass is 16.3. The molecule has 68 heavy (non-hydrogen) atoms. The number of rotatable bonds is 8. The maximum atomic E-state index is 7.29. The molecule has 1 aromatic heterocycles. The lowest BCUT2D eigenvalue weighted by Gasteiger charge is -2.29. The van der Waals surface area contributed by atoms with Crippen molar-refractivity contribution in [2.24, 2.45) is 0 Å². The van der Waals surface area contributed by atoms with Crippen molar-refractivity contribution in [3.63, 3.8) is 0 Å². The van der Waals surface area contributed by atoms with Gasteiger partial charge in [0.1, 0.15) is 5.58 Å². The summed E-state index contributed by atoms with van der Waals surface area (Å²) in [6, 6.07) is 94.4. The summed E-state index contributed by atoms with van der Waals surface area (Å²) in [7, 11) is 0. The Balaban J connectivity index is 0.992. The molecular formula is C66H43NO. The molecule has 0 aliphatic rings. The first-order valence-corrected chi connectivity index (χ1v) is 23.3. The van der Waals surface area contributed by atoms with E-state index >= 15 is 0 Å². The van der Waals surface area contributed by atoms with Gasteiger partial charge in [-0.2, -0.15) is 0 Å². The van der Waals surface area contributed by atoms with Crippen molar-refractivity contribution < 1.29 is 4.42 Å². The lowest BCUT2D eigenvalue weighted by Crippen LogP contribution is -2.12. The van der Waals surface area contributed by atoms with Crippen molar-refractivity contribution in [2.75, 3.05) is 4.90 Å². The van der Waals surface area contributed by atoms with Crippen LogP contribution in [0, 0.1) is 0 Å². The van der Waals surface area contributed by atoms with Crippen molar-refractivity contribution in [2.45, 2.75) is 0 Å². The lowest BCUT2D eigenvalue weighted by atomic mass is 9.95. The Hall–Kier alpha value is -8.98.